The first-order valence-corrected chi connectivity index (χ1v) is 9.91. The lowest BCUT2D eigenvalue weighted by atomic mass is 10.0. The average molecular weight is 338 g/mol. The van der Waals surface area contributed by atoms with E-state index in [1.54, 1.807) is 0 Å². The van der Waals surface area contributed by atoms with Crippen LogP contribution in [0.5, 0.6) is 0 Å². The summed E-state index contributed by atoms with van der Waals surface area (Å²) in [4.78, 5) is 5.30. The maximum atomic E-state index is 9.55. The second-order valence-corrected chi connectivity index (χ2v) is 7.72. The van der Waals surface area contributed by atoms with Gasteiger partial charge in [0.1, 0.15) is 0 Å². The minimum absolute atomic E-state index is 0.302. The Hall–Kier alpha value is -1.42. The molecule has 3 nitrogen and oxygen atoms in total. The molecule has 2 aromatic rings. The summed E-state index contributed by atoms with van der Waals surface area (Å²) >= 11 is 0. The summed E-state index contributed by atoms with van der Waals surface area (Å²) in [6.07, 6.45) is 6.37. The van der Waals surface area contributed by atoms with Gasteiger partial charge in [-0.05, 0) is 35.6 Å². The smallest absolute Gasteiger partial charge is 0.0446 e. The summed E-state index contributed by atoms with van der Waals surface area (Å²) in [5.41, 5.74) is 1.43. The summed E-state index contributed by atoms with van der Waals surface area (Å²) in [6.45, 7) is 4.69. The monoisotopic (exact) mass is 338 g/mol. The molecule has 2 aromatic carbocycles. The van der Waals surface area contributed by atoms with Crippen molar-refractivity contribution in [1.29, 1.82) is 0 Å². The Morgan fingerprint density at radius 1 is 0.960 bits per heavy atom. The molecule has 4 rings (SSSR count). The predicted molar refractivity (Wildman–Crippen MR) is 104 cm³/mol. The highest BCUT2D eigenvalue weighted by Crippen LogP contribution is 2.29. The number of hydrogen-bond donors (Lipinski definition) is 1. The van der Waals surface area contributed by atoms with E-state index in [2.05, 4.69) is 52.3 Å². The molecule has 2 aliphatic rings. The van der Waals surface area contributed by atoms with Crippen LogP contribution >= 0.6 is 0 Å². The molecule has 3 heteroatoms. The topological polar surface area (TPSA) is 26.7 Å². The van der Waals surface area contributed by atoms with Crippen molar-refractivity contribution in [3.63, 3.8) is 0 Å². The minimum Gasteiger partial charge on any atom is -0.396 e. The Bertz CT molecular complexity index is 690. The third-order valence-electron chi connectivity index (χ3n) is 6.14. The van der Waals surface area contributed by atoms with E-state index in [0.717, 1.165) is 38.6 Å². The van der Waals surface area contributed by atoms with E-state index < -0.39 is 0 Å². The van der Waals surface area contributed by atoms with E-state index in [1.165, 1.54) is 42.0 Å². The van der Waals surface area contributed by atoms with E-state index in [0.29, 0.717) is 12.6 Å². The van der Waals surface area contributed by atoms with Gasteiger partial charge in [0.15, 0.2) is 0 Å². The molecule has 1 aliphatic carbocycles. The van der Waals surface area contributed by atoms with Gasteiger partial charge in [-0.2, -0.15) is 0 Å². The Kier molecular flexibility index (Phi) is 5.35. The standard InChI is InChI=1S/C22H30N2O/c25-15-12-21-17-23(13-14-24(21)20-9-2-3-10-20)16-19-8-5-7-18-6-1-4-11-22(18)19/h1,4-8,11,20-21,25H,2-3,9-10,12-17H2. The van der Waals surface area contributed by atoms with Crippen molar-refractivity contribution in [2.75, 3.05) is 26.2 Å². The Morgan fingerprint density at radius 3 is 2.60 bits per heavy atom. The fraction of sp³-hybridized carbons (Fsp3) is 0.545. The molecular weight excluding hydrogens is 308 g/mol. The van der Waals surface area contributed by atoms with Gasteiger partial charge < -0.3 is 5.11 Å². The normalized spacial score (nSPS) is 23.5. The summed E-state index contributed by atoms with van der Waals surface area (Å²) in [5, 5.41) is 12.3. The van der Waals surface area contributed by atoms with Gasteiger partial charge >= 0.3 is 0 Å². The number of fused-ring (bicyclic) bond motifs is 1. The third-order valence-corrected chi connectivity index (χ3v) is 6.14. The summed E-state index contributed by atoms with van der Waals surface area (Å²) in [6, 6.07) is 16.6. The van der Waals surface area contributed by atoms with Gasteiger partial charge in [-0.15, -0.1) is 0 Å². The number of nitrogens with zero attached hydrogens (tertiary/aromatic N) is 2. The van der Waals surface area contributed by atoms with Gasteiger partial charge in [-0.3, -0.25) is 9.80 Å². The zero-order valence-electron chi connectivity index (χ0n) is 15.1. The van der Waals surface area contributed by atoms with E-state index in [1.807, 2.05) is 0 Å². The van der Waals surface area contributed by atoms with Crippen LogP contribution in [0.2, 0.25) is 0 Å². The molecule has 1 saturated carbocycles. The number of hydrogen-bond acceptors (Lipinski definition) is 3. The molecule has 134 valence electrons. The summed E-state index contributed by atoms with van der Waals surface area (Å²) in [5.74, 6) is 0. The fourth-order valence-electron chi connectivity index (χ4n) is 4.87. The SMILES string of the molecule is OCCC1CN(Cc2cccc3ccccc23)CCN1C1CCCC1. The third kappa shape index (κ3) is 3.74. The zero-order valence-corrected chi connectivity index (χ0v) is 15.1. The van der Waals surface area contributed by atoms with Gasteiger partial charge in [0, 0.05) is 44.9 Å². The van der Waals surface area contributed by atoms with E-state index in [4.69, 9.17) is 0 Å². The van der Waals surface area contributed by atoms with Crippen LogP contribution in [0.15, 0.2) is 42.5 Å². The second-order valence-electron chi connectivity index (χ2n) is 7.72. The van der Waals surface area contributed by atoms with Crippen LogP contribution in [0.25, 0.3) is 10.8 Å². The van der Waals surface area contributed by atoms with Crippen LogP contribution in [0, 0.1) is 0 Å². The van der Waals surface area contributed by atoms with Gasteiger partial charge in [0.05, 0.1) is 0 Å². The van der Waals surface area contributed by atoms with Crippen molar-refractivity contribution in [2.45, 2.75) is 50.7 Å². The summed E-state index contributed by atoms with van der Waals surface area (Å²) in [7, 11) is 0. The molecule has 0 amide bonds. The molecule has 1 N–H and O–H groups in total. The van der Waals surface area contributed by atoms with Gasteiger partial charge in [-0.1, -0.05) is 55.3 Å². The maximum absolute atomic E-state index is 9.55. The van der Waals surface area contributed by atoms with Crippen LogP contribution < -0.4 is 0 Å². The number of aliphatic hydroxyl groups is 1. The lowest BCUT2D eigenvalue weighted by Crippen LogP contribution is -2.56. The van der Waals surface area contributed by atoms with E-state index in [-0.39, 0.29) is 0 Å². The maximum Gasteiger partial charge on any atom is 0.0446 e. The molecule has 0 bridgehead atoms. The molecule has 0 radical (unpaired) electrons. The number of rotatable bonds is 5. The lowest BCUT2D eigenvalue weighted by Gasteiger charge is -2.44. The van der Waals surface area contributed by atoms with Crippen molar-refractivity contribution in [3.05, 3.63) is 48.0 Å². The van der Waals surface area contributed by atoms with E-state index >= 15 is 0 Å². The van der Waals surface area contributed by atoms with Gasteiger partial charge in [0.25, 0.3) is 0 Å². The van der Waals surface area contributed by atoms with Crippen molar-refractivity contribution in [1.82, 2.24) is 9.80 Å². The number of aliphatic hydroxyl groups excluding tert-OH is 1. The first-order chi connectivity index (χ1) is 12.3. The minimum atomic E-state index is 0.302. The lowest BCUT2D eigenvalue weighted by molar-refractivity contribution is 0.0269. The first-order valence-electron chi connectivity index (χ1n) is 9.91. The van der Waals surface area contributed by atoms with Crippen LogP contribution in [0.1, 0.15) is 37.7 Å². The molecule has 1 aliphatic heterocycles. The van der Waals surface area contributed by atoms with Crippen molar-refractivity contribution < 1.29 is 5.11 Å². The number of benzene rings is 2. The van der Waals surface area contributed by atoms with Crippen LogP contribution in [0.4, 0.5) is 0 Å². The van der Waals surface area contributed by atoms with E-state index in [9.17, 15) is 5.11 Å². The molecule has 25 heavy (non-hydrogen) atoms. The molecule has 1 atom stereocenters. The molecule has 2 fully saturated rings. The quantitative estimate of drug-likeness (QED) is 0.901. The first kappa shape index (κ1) is 17.0. The second kappa shape index (κ2) is 7.86. The van der Waals surface area contributed by atoms with Gasteiger partial charge in [0.2, 0.25) is 0 Å². The highest BCUT2D eigenvalue weighted by Gasteiger charge is 2.32. The number of piperazine rings is 1. The molecule has 1 heterocycles. The molecule has 1 unspecified atom stereocenters. The molecule has 1 saturated heterocycles. The predicted octanol–water partition coefficient (Wildman–Crippen LogP) is 3.65. The Labute approximate surface area is 151 Å². The Morgan fingerprint density at radius 2 is 1.76 bits per heavy atom. The highest BCUT2D eigenvalue weighted by molar-refractivity contribution is 5.85. The Balaban J connectivity index is 1.48. The van der Waals surface area contributed by atoms with Crippen LogP contribution in [-0.2, 0) is 6.54 Å². The average Bonchev–Trinajstić information content (AvgIpc) is 3.17. The molecular formula is C22H30N2O. The van der Waals surface area contributed by atoms with Gasteiger partial charge in [-0.25, -0.2) is 0 Å². The van der Waals surface area contributed by atoms with Crippen molar-refractivity contribution in [2.24, 2.45) is 0 Å². The largest absolute Gasteiger partial charge is 0.396 e. The molecule has 0 spiro atoms. The van der Waals surface area contributed by atoms with Crippen molar-refractivity contribution in [3.8, 4) is 0 Å². The fourth-order valence-corrected chi connectivity index (χ4v) is 4.87. The summed E-state index contributed by atoms with van der Waals surface area (Å²) < 4.78 is 0. The highest BCUT2D eigenvalue weighted by atomic mass is 16.3. The van der Waals surface area contributed by atoms with Crippen LogP contribution in [0.3, 0.4) is 0 Å². The van der Waals surface area contributed by atoms with Crippen molar-refractivity contribution >= 4 is 10.8 Å². The molecule has 0 aromatic heterocycles. The zero-order chi connectivity index (χ0) is 17.1. The van der Waals surface area contributed by atoms with Crippen LogP contribution in [-0.4, -0.2) is 53.2 Å².